The highest BCUT2D eigenvalue weighted by molar-refractivity contribution is 6.34. The number of nitrogens with one attached hydrogen (secondary N) is 1. The first-order valence-electron chi connectivity index (χ1n) is 18.9. The molecule has 2 bridgehead atoms. The second-order valence-corrected chi connectivity index (χ2v) is 16.0. The third-order valence-corrected chi connectivity index (χ3v) is 12.8. The number of fused-ring (bicyclic) bond motifs is 4. The van der Waals surface area contributed by atoms with Crippen LogP contribution >= 0.6 is 11.6 Å². The molecule has 0 spiro atoms. The number of carbonyl (C=O) groups excluding carboxylic acids is 3. The highest BCUT2D eigenvalue weighted by Gasteiger charge is 2.58. The number of nitrogens with zero attached hydrogens (tertiary/aromatic N) is 6. The van der Waals surface area contributed by atoms with Crippen LogP contribution in [0.4, 0.5) is 20.3 Å². The van der Waals surface area contributed by atoms with E-state index in [0.29, 0.717) is 40.5 Å². The van der Waals surface area contributed by atoms with Gasteiger partial charge >= 0.3 is 5.97 Å². The molecule has 5 aromatic rings. The molecule has 0 unspecified atom stereocenters. The Hall–Kier alpha value is -5.14. The highest BCUT2D eigenvalue weighted by atomic mass is 35.5. The van der Waals surface area contributed by atoms with E-state index < -0.39 is 12.2 Å². The molecule has 2 aliphatic carbocycles. The molecule has 2 saturated carbocycles. The van der Waals surface area contributed by atoms with Crippen LogP contribution in [0.3, 0.4) is 0 Å². The average molecular weight is 782 g/mol. The number of pyridine rings is 1. The third kappa shape index (κ3) is 6.74. The van der Waals surface area contributed by atoms with E-state index in [0.717, 1.165) is 80.6 Å². The maximum Gasteiger partial charge on any atom is 0.311 e. The smallest absolute Gasteiger partial charge is 0.311 e. The molecule has 3 aromatic heterocycles. The molecular formula is C42H42ClF2N7O4. The van der Waals surface area contributed by atoms with Crippen LogP contribution in [0.25, 0.3) is 22.2 Å². The Morgan fingerprint density at radius 1 is 1.07 bits per heavy atom. The number of anilines is 2. The molecule has 3 aliphatic rings. The first-order valence-corrected chi connectivity index (χ1v) is 19.2. The minimum Gasteiger partial charge on any atom is -0.469 e. The molecule has 8 rings (SSSR count). The molecule has 1 aliphatic heterocycles. The van der Waals surface area contributed by atoms with Gasteiger partial charge in [-0.2, -0.15) is 0 Å². The number of aldehydes is 1. The van der Waals surface area contributed by atoms with E-state index in [-0.39, 0.29) is 51.4 Å². The second kappa shape index (κ2) is 14.7. The Morgan fingerprint density at radius 2 is 1.84 bits per heavy atom. The number of carbonyl (C=O) groups is 3. The first-order chi connectivity index (χ1) is 26.9. The topological polar surface area (TPSA) is 132 Å². The summed E-state index contributed by atoms with van der Waals surface area (Å²) in [6.07, 6.45) is 5.78. The summed E-state index contributed by atoms with van der Waals surface area (Å²) in [5, 5.41) is 3.58. The predicted octanol–water partition coefficient (Wildman–Crippen LogP) is 8.18. The van der Waals surface area contributed by atoms with Crippen LogP contribution in [0.1, 0.15) is 94.3 Å². The zero-order valence-electron chi connectivity index (χ0n) is 31.5. The van der Waals surface area contributed by atoms with Gasteiger partial charge in [-0.15, -0.1) is 0 Å². The number of methoxy groups -OCH3 is 1. The van der Waals surface area contributed by atoms with Crippen LogP contribution in [-0.2, 0) is 36.0 Å². The summed E-state index contributed by atoms with van der Waals surface area (Å²) in [7, 11) is 3.40. The number of hydrogen-bond acceptors (Lipinski definition) is 10. The van der Waals surface area contributed by atoms with Crippen LogP contribution in [0.2, 0.25) is 5.02 Å². The van der Waals surface area contributed by atoms with Gasteiger partial charge in [0.2, 0.25) is 5.78 Å². The van der Waals surface area contributed by atoms with Crippen LogP contribution in [0, 0.1) is 17.8 Å². The Kier molecular flexibility index (Phi) is 9.94. The van der Waals surface area contributed by atoms with Crippen molar-refractivity contribution in [1.29, 1.82) is 0 Å². The second-order valence-electron chi connectivity index (χ2n) is 15.6. The minimum absolute atomic E-state index is 0.0482. The fraction of sp³-hybridized carbons (Fsp3) is 0.405. The van der Waals surface area contributed by atoms with Crippen LogP contribution < -0.4 is 5.32 Å². The number of ether oxygens (including phenoxy) is 1. The summed E-state index contributed by atoms with van der Waals surface area (Å²) in [5.41, 5.74) is 5.95. The Morgan fingerprint density at radius 3 is 2.59 bits per heavy atom. The van der Waals surface area contributed by atoms with Crippen molar-refractivity contribution in [3.05, 3.63) is 93.4 Å². The summed E-state index contributed by atoms with van der Waals surface area (Å²) in [6, 6.07) is 12.5. The zero-order chi connectivity index (χ0) is 39.4. The number of hydrogen-bond donors (Lipinski definition) is 1. The lowest BCUT2D eigenvalue weighted by Crippen LogP contribution is -2.34. The van der Waals surface area contributed by atoms with E-state index in [4.69, 9.17) is 21.3 Å². The molecule has 1 N–H and O–H groups in total. The van der Waals surface area contributed by atoms with Gasteiger partial charge in [0.1, 0.15) is 5.52 Å². The van der Waals surface area contributed by atoms with Crippen molar-refractivity contribution in [2.24, 2.45) is 17.9 Å². The van der Waals surface area contributed by atoms with Crippen molar-refractivity contribution < 1.29 is 27.9 Å². The molecule has 0 atom stereocenters. The minimum atomic E-state index is -2.94. The van der Waals surface area contributed by atoms with Crippen LogP contribution in [0.5, 0.6) is 0 Å². The van der Waals surface area contributed by atoms with Gasteiger partial charge in [0, 0.05) is 61.7 Å². The molecule has 0 radical (unpaired) electrons. The molecule has 14 heteroatoms. The molecule has 56 heavy (non-hydrogen) atoms. The van der Waals surface area contributed by atoms with E-state index in [2.05, 4.69) is 25.2 Å². The number of halogens is 3. The molecule has 4 heterocycles. The Bertz CT molecular complexity index is 2390. The number of aromatic nitrogens is 5. The Balaban J connectivity index is 0.981. The molecule has 2 aromatic carbocycles. The monoisotopic (exact) mass is 781 g/mol. The van der Waals surface area contributed by atoms with E-state index >= 15 is 0 Å². The average Bonchev–Trinajstić information content (AvgIpc) is 3.88. The lowest BCUT2D eigenvalue weighted by molar-refractivity contribution is -0.152. The zero-order valence-corrected chi connectivity index (χ0v) is 32.3. The van der Waals surface area contributed by atoms with Crippen molar-refractivity contribution in [3.63, 3.8) is 0 Å². The molecular weight excluding hydrogens is 740 g/mol. The number of esters is 1. The van der Waals surface area contributed by atoms with Crippen molar-refractivity contribution in [3.8, 4) is 11.1 Å². The predicted molar refractivity (Wildman–Crippen MR) is 207 cm³/mol. The standard InChI is InChI=1S/C42H42ClF2N7O4/c1-24-27(7-5-9-29(24)47-37-35-30(18-25(22-53)20-46-35)48-38(50-37)36(44)45)28-8-4-6-26(34(28)43)19-33(54)39-49-31-21-52(16-10-32(31)51(39)2)17-15-41-11-13-42(23-41,14-12-41)40(55)56-3/h4-9,18,20,22,36H,10-17,19,21,23H2,1-3H3,(H,47,48,50). The third-order valence-electron chi connectivity index (χ3n) is 12.4. The van der Waals surface area contributed by atoms with Crippen molar-refractivity contribution in [2.45, 2.75) is 71.3 Å². The summed E-state index contributed by atoms with van der Waals surface area (Å²) in [6.45, 7) is 4.37. The van der Waals surface area contributed by atoms with Gasteiger partial charge < -0.3 is 14.6 Å². The molecule has 290 valence electrons. The van der Waals surface area contributed by atoms with Gasteiger partial charge in [0.15, 0.2) is 23.8 Å². The van der Waals surface area contributed by atoms with Crippen molar-refractivity contribution >= 4 is 52.2 Å². The SMILES string of the molecule is COC(=O)C12CCC(CCN3CCc4c(nc(C(=O)Cc5cccc(-c6cccc(Nc7nc(C(F)F)nc8cc(C=O)cnc78)c6C)c5Cl)n4C)C3)(CC1)C2. The van der Waals surface area contributed by atoms with Crippen molar-refractivity contribution in [1.82, 2.24) is 29.4 Å². The van der Waals surface area contributed by atoms with Gasteiger partial charge in [0.05, 0.1) is 28.8 Å². The van der Waals surface area contributed by atoms with Crippen LogP contribution in [0.15, 0.2) is 48.7 Å². The van der Waals surface area contributed by atoms with Gasteiger partial charge in [0.25, 0.3) is 6.43 Å². The quantitative estimate of drug-likeness (QED) is 0.0751. The summed E-state index contributed by atoms with van der Waals surface area (Å²) >= 11 is 7.06. The molecule has 0 amide bonds. The highest BCUT2D eigenvalue weighted by Crippen LogP contribution is 2.63. The van der Waals surface area contributed by atoms with E-state index in [1.54, 1.807) is 6.07 Å². The maximum absolute atomic E-state index is 13.9. The number of rotatable bonds is 12. The van der Waals surface area contributed by atoms with E-state index in [1.807, 2.05) is 48.9 Å². The van der Waals surface area contributed by atoms with Crippen molar-refractivity contribution in [2.75, 3.05) is 25.5 Å². The number of alkyl halides is 2. The lowest BCUT2D eigenvalue weighted by atomic mass is 9.80. The summed E-state index contributed by atoms with van der Waals surface area (Å²) in [5.74, 6) is -0.392. The van der Waals surface area contributed by atoms with Crippen LogP contribution in [-0.4, -0.2) is 67.6 Å². The molecule has 0 saturated heterocycles. The maximum atomic E-state index is 13.9. The molecule has 11 nitrogen and oxygen atoms in total. The first kappa shape index (κ1) is 37.8. The summed E-state index contributed by atoms with van der Waals surface area (Å²) < 4.78 is 34.6. The van der Waals surface area contributed by atoms with E-state index in [1.165, 1.54) is 19.4 Å². The summed E-state index contributed by atoms with van der Waals surface area (Å²) in [4.78, 5) is 57.3. The number of imidazole rings is 1. The fourth-order valence-corrected chi connectivity index (χ4v) is 9.54. The fourth-order valence-electron chi connectivity index (χ4n) is 9.25. The lowest BCUT2D eigenvalue weighted by Gasteiger charge is -2.32. The van der Waals surface area contributed by atoms with Gasteiger partial charge in [-0.05, 0) is 86.2 Å². The Labute approximate surface area is 327 Å². The largest absolute Gasteiger partial charge is 0.469 e. The van der Waals surface area contributed by atoms with E-state index in [9.17, 15) is 23.2 Å². The number of Topliss-reactive ketones (excluding diaryl/α,β-unsaturated/α-hetero) is 1. The molecule has 2 fully saturated rings. The number of benzene rings is 2. The van der Waals surface area contributed by atoms with Gasteiger partial charge in [-0.3, -0.25) is 19.3 Å². The number of ketones is 1. The van der Waals surface area contributed by atoms with Gasteiger partial charge in [-0.1, -0.05) is 41.9 Å². The normalized spacial score (nSPS) is 20.4. The van der Waals surface area contributed by atoms with Gasteiger partial charge in [-0.25, -0.2) is 28.7 Å².